The van der Waals surface area contributed by atoms with Gasteiger partial charge in [-0.15, -0.1) is 11.3 Å². The van der Waals surface area contributed by atoms with Crippen molar-refractivity contribution < 1.29 is 19.1 Å². The average molecular weight is 359 g/mol. The number of fused-ring (bicyclic) bond motifs is 3. The quantitative estimate of drug-likeness (QED) is 0.604. The molecule has 1 N–H and O–H groups in total. The van der Waals surface area contributed by atoms with E-state index in [1.165, 1.54) is 18.4 Å². The number of amides is 1. The minimum Gasteiger partial charge on any atom is -0.488 e. The molecular weight excluding hydrogens is 338 g/mol. The molecule has 0 spiro atoms. The van der Waals surface area contributed by atoms with Crippen molar-refractivity contribution in [3.63, 3.8) is 0 Å². The largest absolute Gasteiger partial charge is 0.488 e. The third-order valence-corrected chi connectivity index (χ3v) is 5.33. The zero-order valence-corrected chi connectivity index (χ0v) is 15.0. The molecule has 0 atom stereocenters. The summed E-state index contributed by atoms with van der Waals surface area (Å²) in [5.41, 5.74) is 2.11. The Balaban J connectivity index is 1.51. The summed E-state index contributed by atoms with van der Waals surface area (Å²) >= 11 is 1.51. The van der Waals surface area contributed by atoms with Crippen molar-refractivity contribution in [2.75, 3.05) is 13.7 Å². The molecule has 5 nitrogen and oxygen atoms in total. The highest BCUT2D eigenvalue weighted by atomic mass is 32.1. The normalized spacial score (nSPS) is 11.9. The molecule has 0 aliphatic carbocycles. The molecule has 0 saturated heterocycles. The molecule has 1 aromatic carbocycles. The molecular formula is C19H21NO4S. The zero-order valence-electron chi connectivity index (χ0n) is 14.2. The van der Waals surface area contributed by atoms with Crippen LogP contribution < -0.4 is 10.1 Å². The van der Waals surface area contributed by atoms with Gasteiger partial charge in [0, 0.05) is 29.0 Å². The lowest BCUT2D eigenvalue weighted by Gasteiger charge is -2.16. The number of thiophene rings is 1. The van der Waals surface area contributed by atoms with Gasteiger partial charge in [0.25, 0.3) is 5.91 Å². The summed E-state index contributed by atoms with van der Waals surface area (Å²) in [4.78, 5) is 25.2. The summed E-state index contributed by atoms with van der Waals surface area (Å²) in [6, 6.07) is 9.82. The summed E-state index contributed by atoms with van der Waals surface area (Å²) < 4.78 is 10.3. The van der Waals surface area contributed by atoms with E-state index in [-0.39, 0.29) is 11.9 Å². The van der Waals surface area contributed by atoms with E-state index >= 15 is 0 Å². The van der Waals surface area contributed by atoms with Crippen LogP contribution >= 0.6 is 11.3 Å². The molecule has 0 fully saturated rings. The van der Waals surface area contributed by atoms with Crippen molar-refractivity contribution in [1.29, 1.82) is 0 Å². The van der Waals surface area contributed by atoms with Gasteiger partial charge >= 0.3 is 5.97 Å². The lowest BCUT2D eigenvalue weighted by molar-refractivity contribution is -0.140. The number of methoxy groups -OCH3 is 1. The molecule has 3 rings (SSSR count). The Morgan fingerprint density at radius 2 is 2.08 bits per heavy atom. The van der Waals surface area contributed by atoms with Crippen LogP contribution in [0.4, 0.5) is 0 Å². The number of hydrogen-bond donors (Lipinski definition) is 1. The van der Waals surface area contributed by atoms with Crippen LogP contribution in [0.5, 0.6) is 5.75 Å². The van der Waals surface area contributed by atoms with Crippen LogP contribution in [0.25, 0.3) is 10.4 Å². The first kappa shape index (κ1) is 17.5. The third-order valence-electron chi connectivity index (χ3n) is 4.12. The first-order valence-corrected chi connectivity index (χ1v) is 9.20. The van der Waals surface area contributed by atoms with Crippen LogP contribution in [0.1, 0.15) is 40.9 Å². The predicted molar refractivity (Wildman–Crippen MR) is 96.9 cm³/mol. The van der Waals surface area contributed by atoms with Crippen molar-refractivity contribution in [2.45, 2.75) is 32.3 Å². The van der Waals surface area contributed by atoms with Gasteiger partial charge in [0.2, 0.25) is 0 Å². The van der Waals surface area contributed by atoms with E-state index in [9.17, 15) is 9.59 Å². The molecule has 1 aromatic heterocycles. The minimum absolute atomic E-state index is 0.0511. The number of nitrogens with one attached hydrogen (secondary N) is 1. The monoisotopic (exact) mass is 359 g/mol. The van der Waals surface area contributed by atoms with Crippen LogP contribution in [-0.4, -0.2) is 25.5 Å². The van der Waals surface area contributed by atoms with Gasteiger partial charge in [0.05, 0.1) is 12.0 Å². The van der Waals surface area contributed by atoms with E-state index < -0.39 is 0 Å². The second kappa shape index (κ2) is 8.16. The van der Waals surface area contributed by atoms with Crippen LogP contribution in [0.3, 0.4) is 0 Å². The number of carbonyl (C=O) groups is 2. The zero-order chi connectivity index (χ0) is 17.6. The Morgan fingerprint density at radius 3 is 2.92 bits per heavy atom. The first-order chi connectivity index (χ1) is 12.2. The van der Waals surface area contributed by atoms with Crippen LogP contribution in [0.15, 0.2) is 30.3 Å². The van der Waals surface area contributed by atoms with Crippen molar-refractivity contribution in [1.82, 2.24) is 5.32 Å². The van der Waals surface area contributed by atoms with E-state index in [4.69, 9.17) is 4.74 Å². The number of esters is 1. The third kappa shape index (κ3) is 4.20. The second-order valence-corrected chi connectivity index (χ2v) is 6.94. The van der Waals surface area contributed by atoms with Crippen LogP contribution in [0, 0.1) is 0 Å². The molecule has 25 heavy (non-hydrogen) atoms. The molecule has 0 unspecified atom stereocenters. The fraction of sp³-hybridized carbons (Fsp3) is 0.368. The molecule has 132 valence electrons. The number of hydrogen-bond acceptors (Lipinski definition) is 5. The summed E-state index contributed by atoms with van der Waals surface area (Å²) in [6.07, 6.45) is 2.95. The minimum atomic E-state index is -0.185. The number of para-hydroxylation sites is 1. The van der Waals surface area contributed by atoms with Gasteiger partial charge in [0.1, 0.15) is 12.4 Å². The number of benzene rings is 1. The molecule has 1 aliphatic heterocycles. The Bertz CT molecular complexity index is 769. The highest BCUT2D eigenvalue weighted by Gasteiger charge is 2.22. The van der Waals surface area contributed by atoms with Gasteiger partial charge < -0.3 is 14.8 Å². The predicted octanol–water partition coefficient (Wildman–Crippen LogP) is 3.77. The van der Waals surface area contributed by atoms with Crippen LogP contribution in [0.2, 0.25) is 0 Å². The van der Waals surface area contributed by atoms with Crippen molar-refractivity contribution in [2.24, 2.45) is 0 Å². The van der Waals surface area contributed by atoms with E-state index in [2.05, 4.69) is 10.1 Å². The van der Waals surface area contributed by atoms with E-state index in [1.54, 1.807) is 0 Å². The van der Waals surface area contributed by atoms with E-state index in [0.29, 0.717) is 24.4 Å². The van der Waals surface area contributed by atoms with E-state index in [1.807, 2.05) is 30.3 Å². The maximum Gasteiger partial charge on any atom is 0.305 e. The number of ether oxygens (including phenoxy) is 2. The van der Waals surface area contributed by atoms with Gasteiger partial charge in [-0.05, 0) is 31.0 Å². The van der Waals surface area contributed by atoms with Gasteiger partial charge in [0.15, 0.2) is 0 Å². The molecule has 2 heterocycles. The average Bonchev–Trinajstić information content (AvgIpc) is 3.09. The van der Waals surface area contributed by atoms with Gasteiger partial charge in [-0.3, -0.25) is 9.59 Å². The molecule has 1 aliphatic rings. The Hall–Kier alpha value is -2.34. The van der Waals surface area contributed by atoms with Crippen molar-refractivity contribution in [3.05, 3.63) is 40.8 Å². The fourth-order valence-electron chi connectivity index (χ4n) is 2.77. The molecule has 0 radical (unpaired) electrons. The topological polar surface area (TPSA) is 64.6 Å². The number of carbonyl (C=O) groups excluding carboxylic acids is 2. The van der Waals surface area contributed by atoms with Crippen molar-refractivity contribution in [3.8, 4) is 16.2 Å². The molecule has 0 bridgehead atoms. The van der Waals surface area contributed by atoms with Crippen LogP contribution in [-0.2, 0) is 16.1 Å². The highest BCUT2D eigenvalue weighted by Crippen LogP contribution is 2.42. The number of unbranched alkanes of at least 4 members (excludes halogenated alkanes) is 2. The van der Waals surface area contributed by atoms with E-state index in [0.717, 1.165) is 41.0 Å². The summed E-state index contributed by atoms with van der Waals surface area (Å²) in [7, 11) is 1.40. The molecule has 0 saturated carbocycles. The first-order valence-electron chi connectivity index (χ1n) is 8.39. The Morgan fingerprint density at radius 1 is 1.24 bits per heavy atom. The Labute approximate surface area is 151 Å². The maximum atomic E-state index is 12.3. The fourth-order valence-corrected chi connectivity index (χ4v) is 3.89. The number of rotatable bonds is 7. The molecule has 2 aromatic rings. The summed E-state index contributed by atoms with van der Waals surface area (Å²) in [6.45, 7) is 1.11. The smallest absolute Gasteiger partial charge is 0.305 e. The summed E-state index contributed by atoms with van der Waals surface area (Å²) in [5, 5.41) is 2.95. The SMILES string of the molecule is COC(=O)CCCCCNC(=O)c1cc2c(s1)-c1ccccc1OC2. The highest BCUT2D eigenvalue weighted by molar-refractivity contribution is 7.17. The maximum absolute atomic E-state index is 12.3. The standard InChI is InChI=1S/C19H21NO4S/c1-23-17(21)9-3-2-6-10-20-19(22)16-11-13-12-24-15-8-5-4-7-14(15)18(13)25-16/h4-5,7-8,11H,2-3,6,9-10,12H2,1H3,(H,20,22). The van der Waals surface area contributed by atoms with Crippen molar-refractivity contribution >= 4 is 23.2 Å². The van der Waals surface area contributed by atoms with Gasteiger partial charge in [-0.2, -0.15) is 0 Å². The lowest BCUT2D eigenvalue weighted by atomic mass is 10.1. The molecule has 1 amide bonds. The second-order valence-electron chi connectivity index (χ2n) is 5.89. The lowest BCUT2D eigenvalue weighted by Crippen LogP contribution is -2.23. The summed E-state index contributed by atoms with van der Waals surface area (Å²) in [5.74, 6) is 0.634. The Kier molecular flexibility index (Phi) is 5.71. The molecule has 6 heteroatoms. The van der Waals surface area contributed by atoms with Gasteiger partial charge in [-0.25, -0.2) is 0 Å². The van der Waals surface area contributed by atoms with Gasteiger partial charge in [-0.1, -0.05) is 18.6 Å².